The molecule has 3 atom stereocenters. The number of nitrogens with zero attached hydrogens (tertiary/aromatic N) is 2. The van der Waals surface area contributed by atoms with Crippen molar-refractivity contribution in [3.8, 4) is 0 Å². The summed E-state index contributed by atoms with van der Waals surface area (Å²) in [5, 5.41) is 3.13. The highest BCUT2D eigenvalue weighted by atomic mass is 35.5. The molecule has 0 radical (unpaired) electrons. The van der Waals surface area contributed by atoms with E-state index in [1.807, 2.05) is 4.90 Å². The van der Waals surface area contributed by atoms with Gasteiger partial charge in [0.15, 0.2) is 0 Å². The summed E-state index contributed by atoms with van der Waals surface area (Å²) in [7, 11) is 0. The number of hydrogen-bond acceptors (Lipinski definition) is 4. The smallest absolute Gasteiger partial charge is 0.398 e. The molecule has 4 rings (SSSR count). The number of piperazine rings is 1. The Bertz CT molecular complexity index is 783. The van der Waals surface area contributed by atoms with E-state index in [-0.39, 0.29) is 29.9 Å². The first-order valence-electron chi connectivity index (χ1n) is 11.5. The molecule has 2 saturated carbocycles. The fraction of sp³-hybridized carbons (Fsp3) is 0.696. The van der Waals surface area contributed by atoms with E-state index in [1.54, 1.807) is 6.07 Å². The molecule has 9 heteroatoms. The fourth-order valence-corrected chi connectivity index (χ4v) is 5.59. The van der Waals surface area contributed by atoms with Crippen molar-refractivity contribution in [2.24, 2.45) is 17.8 Å². The lowest BCUT2D eigenvalue weighted by Crippen LogP contribution is -2.46. The number of alkyl halides is 3. The Morgan fingerprint density at radius 2 is 1.84 bits per heavy atom. The zero-order chi connectivity index (χ0) is 22.0. The number of anilines is 2. The van der Waals surface area contributed by atoms with Crippen LogP contribution in [0, 0.1) is 17.8 Å². The molecule has 2 aliphatic carbocycles. The van der Waals surface area contributed by atoms with Crippen LogP contribution in [0.25, 0.3) is 0 Å². The average molecular weight is 475 g/mol. The molecule has 1 saturated heterocycles. The molecular formula is C23H34ClF3N4O. The lowest BCUT2D eigenvalue weighted by molar-refractivity contribution is -0.136. The molecule has 1 heterocycles. The predicted octanol–water partition coefficient (Wildman–Crippen LogP) is 4.16. The highest BCUT2D eigenvalue weighted by molar-refractivity contribution is 5.85. The van der Waals surface area contributed by atoms with Gasteiger partial charge in [-0.1, -0.05) is 6.42 Å². The van der Waals surface area contributed by atoms with Gasteiger partial charge < -0.3 is 16.0 Å². The number of fused-ring (bicyclic) bond motifs is 2. The highest BCUT2D eigenvalue weighted by Gasteiger charge is 2.42. The van der Waals surface area contributed by atoms with Crippen LogP contribution in [0.2, 0.25) is 0 Å². The van der Waals surface area contributed by atoms with Crippen molar-refractivity contribution in [3.63, 3.8) is 0 Å². The maximum absolute atomic E-state index is 13.1. The number of carbonyl (C=O) groups excluding carboxylic acids is 1. The Labute approximate surface area is 194 Å². The largest absolute Gasteiger partial charge is 0.418 e. The number of nitrogens with two attached hydrogens (primary N) is 1. The lowest BCUT2D eigenvalue weighted by Gasteiger charge is -2.36. The first kappa shape index (κ1) is 25.0. The topological polar surface area (TPSA) is 61.6 Å². The van der Waals surface area contributed by atoms with Crippen LogP contribution in [0.4, 0.5) is 24.5 Å². The second-order valence-electron chi connectivity index (χ2n) is 9.38. The molecule has 0 aromatic heterocycles. The third kappa shape index (κ3) is 5.81. The number of amides is 1. The molecule has 180 valence electrons. The Hall–Kier alpha value is -1.67. The number of hydrogen-bond donors (Lipinski definition) is 2. The van der Waals surface area contributed by atoms with Crippen molar-refractivity contribution in [1.82, 2.24) is 10.2 Å². The number of benzene rings is 1. The minimum Gasteiger partial charge on any atom is -0.398 e. The van der Waals surface area contributed by atoms with E-state index < -0.39 is 11.7 Å². The van der Waals surface area contributed by atoms with E-state index in [4.69, 9.17) is 5.73 Å². The van der Waals surface area contributed by atoms with Gasteiger partial charge in [-0.15, -0.1) is 12.4 Å². The van der Waals surface area contributed by atoms with Gasteiger partial charge in [-0.3, -0.25) is 9.69 Å². The normalized spacial score (nSPS) is 25.6. The summed E-state index contributed by atoms with van der Waals surface area (Å²) in [4.78, 5) is 16.7. The summed E-state index contributed by atoms with van der Waals surface area (Å²) in [6.07, 6.45) is 2.40. The molecule has 1 aliphatic heterocycles. The van der Waals surface area contributed by atoms with Crippen LogP contribution in [-0.2, 0) is 11.0 Å². The van der Waals surface area contributed by atoms with Crippen molar-refractivity contribution < 1.29 is 18.0 Å². The maximum Gasteiger partial charge on any atom is 0.418 e. The van der Waals surface area contributed by atoms with Crippen LogP contribution in [-0.4, -0.2) is 50.1 Å². The number of nitrogens with one attached hydrogen (secondary N) is 1. The third-order valence-corrected chi connectivity index (χ3v) is 7.35. The first-order chi connectivity index (χ1) is 14.8. The molecule has 1 aromatic rings. The van der Waals surface area contributed by atoms with Gasteiger partial charge >= 0.3 is 6.18 Å². The van der Waals surface area contributed by atoms with E-state index in [0.717, 1.165) is 57.4 Å². The minimum atomic E-state index is -4.44. The highest BCUT2D eigenvalue weighted by Crippen LogP contribution is 2.48. The zero-order valence-electron chi connectivity index (χ0n) is 18.4. The standard InChI is InChI=1S/C23H33F3N4O.ClH/c24-23(25,26)20-15-18(5-6-21(20)27)30-11-9-29(10-12-30)8-2-1-7-28-22(31)19-14-16-3-4-17(19)13-16;/h5-6,15-17,19H,1-4,7-14,27H2,(H,28,31);1H/t16?,17?,19-;/m1./s1. The number of halogens is 4. The summed E-state index contributed by atoms with van der Waals surface area (Å²) >= 11 is 0. The van der Waals surface area contributed by atoms with Crippen LogP contribution in [0.3, 0.4) is 0 Å². The van der Waals surface area contributed by atoms with Crippen LogP contribution < -0.4 is 16.0 Å². The second-order valence-corrected chi connectivity index (χ2v) is 9.38. The molecule has 0 spiro atoms. The van der Waals surface area contributed by atoms with Crippen LogP contribution >= 0.6 is 12.4 Å². The lowest BCUT2D eigenvalue weighted by atomic mass is 9.88. The van der Waals surface area contributed by atoms with Crippen LogP contribution in [0.5, 0.6) is 0 Å². The molecular weight excluding hydrogens is 441 g/mol. The number of carbonyl (C=O) groups is 1. The van der Waals surface area contributed by atoms with Crippen molar-refractivity contribution >= 4 is 29.7 Å². The predicted molar refractivity (Wildman–Crippen MR) is 123 cm³/mol. The molecule has 5 nitrogen and oxygen atoms in total. The maximum atomic E-state index is 13.1. The Kier molecular flexibility index (Phi) is 8.20. The Morgan fingerprint density at radius 1 is 1.09 bits per heavy atom. The average Bonchev–Trinajstić information content (AvgIpc) is 3.37. The molecule has 2 unspecified atom stereocenters. The van der Waals surface area contributed by atoms with Gasteiger partial charge in [-0.05, 0) is 68.7 Å². The van der Waals surface area contributed by atoms with Crippen molar-refractivity contribution in [2.75, 3.05) is 49.9 Å². The number of nitrogen functional groups attached to an aromatic ring is 1. The van der Waals surface area contributed by atoms with Gasteiger partial charge in [0.1, 0.15) is 0 Å². The zero-order valence-corrected chi connectivity index (χ0v) is 19.2. The second kappa shape index (κ2) is 10.5. The fourth-order valence-electron chi connectivity index (χ4n) is 5.59. The summed E-state index contributed by atoms with van der Waals surface area (Å²) in [6, 6.07) is 4.17. The third-order valence-electron chi connectivity index (χ3n) is 7.35. The van der Waals surface area contributed by atoms with Crippen molar-refractivity contribution in [1.29, 1.82) is 0 Å². The molecule has 1 aromatic carbocycles. The van der Waals surface area contributed by atoms with Gasteiger partial charge in [0.2, 0.25) is 5.91 Å². The first-order valence-corrected chi connectivity index (χ1v) is 11.5. The van der Waals surface area contributed by atoms with Crippen LogP contribution in [0.15, 0.2) is 18.2 Å². The molecule has 2 bridgehead atoms. The summed E-state index contributed by atoms with van der Waals surface area (Å²) < 4.78 is 39.3. The quantitative estimate of drug-likeness (QED) is 0.460. The minimum absolute atomic E-state index is 0. The molecule has 32 heavy (non-hydrogen) atoms. The number of rotatable bonds is 7. The number of unbranched alkanes of at least 4 members (excludes halogenated alkanes) is 1. The molecule has 3 aliphatic rings. The van der Waals surface area contributed by atoms with E-state index in [2.05, 4.69) is 10.2 Å². The Morgan fingerprint density at radius 3 is 2.47 bits per heavy atom. The van der Waals surface area contributed by atoms with Gasteiger partial charge in [0, 0.05) is 50.0 Å². The van der Waals surface area contributed by atoms with E-state index >= 15 is 0 Å². The Balaban J connectivity index is 0.00000289. The summed E-state index contributed by atoms with van der Waals surface area (Å²) in [5.41, 5.74) is 5.08. The van der Waals surface area contributed by atoms with Gasteiger partial charge in [0.05, 0.1) is 5.56 Å². The van der Waals surface area contributed by atoms with Gasteiger partial charge in [-0.2, -0.15) is 13.2 Å². The van der Waals surface area contributed by atoms with Crippen molar-refractivity contribution in [2.45, 2.75) is 44.7 Å². The summed E-state index contributed by atoms with van der Waals surface area (Å²) in [5.74, 6) is 1.91. The van der Waals surface area contributed by atoms with Gasteiger partial charge in [-0.25, -0.2) is 0 Å². The van der Waals surface area contributed by atoms with E-state index in [0.29, 0.717) is 24.7 Å². The van der Waals surface area contributed by atoms with Gasteiger partial charge in [0.25, 0.3) is 0 Å². The summed E-state index contributed by atoms with van der Waals surface area (Å²) in [6.45, 7) is 4.72. The van der Waals surface area contributed by atoms with Crippen LogP contribution in [0.1, 0.15) is 44.1 Å². The molecule has 3 fully saturated rings. The van der Waals surface area contributed by atoms with Crippen molar-refractivity contribution in [3.05, 3.63) is 23.8 Å². The monoisotopic (exact) mass is 474 g/mol. The van der Waals surface area contributed by atoms with E-state index in [1.165, 1.54) is 25.3 Å². The molecule has 1 amide bonds. The molecule has 3 N–H and O–H groups in total. The van der Waals surface area contributed by atoms with E-state index in [9.17, 15) is 18.0 Å². The SMILES string of the molecule is Cl.Nc1ccc(N2CCN(CCCCNC(=O)[C@@H]3CC4CCC3C4)CC2)cc1C(F)(F)F.